The van der Waals surface area contributed by atoms with E-state index < -0.39 is 0 Å². The van der Waals surface area contributed by atoms with Crippen molar-refractivity contribution in [3.05, 3.63) is 77.9 Å². The minimum Gasteiger partial charge on any atom is -0.493 e. The van der Waals surface area contributed by atoms with Gasteiger partial charge in [0, 0.05) is 44.2 Å². The molecule has 162 valence electrons. The van der Waals surface area contributed by atoms with E-state index >= 15 is 0 Å². The Morgan fingerprint density at radius 3 is 2.52 bits per heavy atom. The molecule has 31 heavy (non-hydrogen) atoms. The van der Waals surface area contributed by atoms with Crippen LogP contribution in [0.5, 0.6) is 5.75 Å². The first kappa shape index (κ1) is 22.3. The molecule has 3 heterocycles. The van der Waals surface area contributed by atoms with E-state index in [1.165, 1.54) is 22.4 Å². The molecule has 2 aromatic carbocycles. The number of rotatable bonds is 2. The zero-order valence-corrected chi connectivity index (χ0v) is 19.4. The number of aromatic nitrogens is 3. The van der Waals surface area contributed by atoms with Gasteiger partial charge in [-0.05, 0) is 55.3 Å². The third-order valence-electron chi connectivity index (χ3n) is 5.11. The van der Waals surface area contributed by atoms with Crippen LogP contribution in [0.4, 0.5) is 5.69 Å². The largest absolute Gasteiger partial charge is 0.493 e. The van der Waals surface area contributed by atoms with Crippen LogP contribution < -0.4 is 9.64 Å². The highest BCUT2D eigenvalue weighted by atomic mass is 16.5. The zero-order valence-electron chi connectivity index (χ0n) is 19.4. The van der Waals surface area contributed by atoms with E-state index in [-0.39, 0.29) is 0 Å². The molecule has 2 aromatic heterocycles. The van der Waals surface area contributed by atoms with E-state index in [9.17, 15) is 0 Å². The van der Waals surface area contributed by atoms with Crippen molar-refractivity contribution in [1.82, 2.24) is 14.4 Å². The molecule has 1 aliphatic rings. The highest BCUT2D eigenvalue weighted by molar-refractivity contribution is 5.66. The molecule has 0 radical (unpaired) electrons. The molecule has 0 bridgehead atoms. The Labute approximate surface area is 185 Å². The number of benzene rings is 2. The average Bonchev–Trinajstić information content (AvgIpc) is 3.43. The molecule has 0 aliphatic carbocycles. The molecule has 5 rings (SSSR count). The monoisotopic (exact) mass is 416 g/mol. The molecular formula is C26H32N4O. The Bertz CT molecular complexity index is 1150. The highest BCUT2D eigenvalue weighted by Gasteiger charge is 2.14. The summed E-state index contributed by atoms with van der Waals surface area (Å²) in [6, 6.07) is 14.8. The summed E-state index contributed by atoms with van der Waals surface area (Å²) in [5, 5.41) is 0. The first-order chi connectivity index (χ1) is 15.0. The number of ether oxygens (including phenoxy) is 1. The Balaban J connectivity index is 0.000000193. The summed E-state index contributed by atoms with van der Waals surface area (Å²) in [6.07, 6.45) is 6.65. The van der Waals surface area contributed by atoms with Gasteiger partial charge < -0.3 is 9.64 Å². The van der Waals surface area contributed by atoms with Gasteiger partial charge in [-0.3, -0.25) is 9.38 Å². The van der Waals surface area contributed by atoms with Crippen molar-refractivity contribution in [3.8, 4) is 17.0 Å². The van der Waals surface area contributed by atoms with Gasteiger partial charge in [-0.15, -0.1) is 0 Å². The van der Waals surface area contributed by atoms with Gasteiger partial charge in [0.25, 0.3) is 0 Å². The van der Waals surface area contributed by atoms with Crippen molar-refractivity contribution in [2.45, 2.75) is 34.1 Å². The molecule has 4 aromatic rings. The molecule has 0 N–H and O–H groups in total. The maximum absolute atomic E-state index is 5.54. The average molecular weight is 417 g/mol. The van der Waals surface area contributed by atoms with Crippen molar-refractivity contribution < 1.29 is 4.74 Å². The van der Waals surface area contributed by atoms with E-state index in [0.717, 1.165) is 35.8 Å². The van der Waals surface area contributed by atoms with Crippen LogP contribution in [-0.2, 0) is 6.42 Å². The number of anilines is 1. The maximum atomic E-state index is 5.54. The van der Waals surface area contributed by atoms with Crippen LogP contribution in [0.2, 0.25) is 0 Å². The lowest BCUT2D eigenvalue weighted by atomic mass is 10.1. The van der Waals surface area contributed by atoms with Crippen LogP contribution in [0.15, 0.2) is 61.1 Å². The predicted octanol–water partition coefficient (Wildman–Crippen LogP) is 5.73. The lowest BCUT2D eigenvalue weighted by Crippen LogP contribution is -2.08. The van der Waals surface area contributed by atoms with E-state index in [0.29, 0.717) is 0 Å². The van der Waals surface area contributed by atoms with Gasteiger partial charge in [0.15, 0.2) is 5.65 Å². The quantitative estimate of drug-likeness (QED) is 0.419. The van der Waals surface area contributed by atoms with E-state index in [1.807, 2.05) is 45.4 Å². The van der Waals surface area contributed by atoms with Gasteiger partial charge in [0.2, 0.25) is 0 Å². The van der Waals surface area contributed by atoms with Gasteiger partial charge in [-0.25, -0.2) is 4.98 Å². The van der Waals surface area contributed by atoms with Gasteiger partial charge in [-0.1, -0.05) is 26.0 Å². The smallest absolute Gasteiger partial charge is 0.158 e. The minimum absolute atomic E-state index is 0.787. The Morgan fingerprint density at radius 2 is 1.81 bits per heavy atom. The van der Waals surface area contributed by atoms with E-state index in [2.05, 4.69) is 76.7 Å². The molecule has 0 spiro atoms. The van der Waals surface area contributed by atoms with Crippen LogP contribution in [0, 0.1) is 13.8 Å². The Morgan fingerprint density at radius 1 is 1.00 bits per heavy atom. The standard InChI is InChI=1S/C15H13N3O.C9H13N.C2H6/c1-10-15-17-9-13(18(15)6-5-16-10)11-2-3-14-12(8-11)4-7-19-14;1-8-5-4-6-9(7-8)10(2)3;1-2/h2-3,5-6,8-9H,4,7H2,1H3;4-7H,1-3H3;1-2H3. The number of aryl methyl sites for hydroxylation is 2. The SMILES string of the molecule is CC.Cc1cccc(N(C)C)c1.Cc1nccn2c(-c3ccc4c(c3)CCO4)cnc12. The van der Waals surface area contributed by atoms with Gasteiger partial charge in [-0.2, -0.15) is 0 Å². The number of hydrogen-bond donors (Lipinski definition) is 0. The fourth-order valence-electron chi connectivity index (χ4n) is 3.51. The molecule has 0 unspecified atom stereocenters. The van der Waals surface area contributed by atoms with E-state index in [4.69, 9.17) is 4.74 Å². The molecule has 0 atom stereocenters. The summed E-state index contributed by atoms with van der Waals surface area (Å²) in [6.45, 7) is 8.87. The maximum Gasteiger partial charge on any atom is 0.158 e. The van der Waals surface area contributed by atoms with E-state index in [1.54, 1.807) is 0 Å². The second-order valence-electron chi connectivity index (χ2n) is 7.50. The van der Waals surface area contributed by atoms with Crippen LogP contribution >= 0.6 is 0 Å². The molecule has 5 heteroatoms. The predicted molar refractivity (Wildman–Crippen MR) is 129 cm³/mol. The molecular weight excluding hydrogens is 384 g/mol. The van der Waals surface area contributed by atoms with Crippen molar-refractivity contribution in [2.75, 3.05) is 25.6 Å². The van der Waals surface area contributed by atoms with Crippen molar-refractivity contribution in [3.63, 3.8) is 0 Å². The molecule has 5 nitrogen and oxygen atoms in total. The fourth-order valence-corrected chi connectivity index (χ4v) is 3.51. The molecule has 0 fully saturated rings. The van der Waals surface area contributed by atoms with Crippen molar-refractivity contribution >= 4 is 11.3 Å². The first-order valence-corrected chi connectivity index (χ1v) is 10.8. The third-order valence-corrected chi connectivity index (χ3v) is 5.11. The van der Waals surface area contributed by atoms with Crippen molar-refractivity contribution in [1.29, 1.82) is 0 Å². The van der Waals surface area contributed by atoms with Gasteiger partial charge in [0.1, 0.15) is 5.75 Å². The van der Waals surface area contributed by atoms with Gasteiger partial charge >= 0.3 is 0 Å². The second-order valence-corrected chi connectivity index (χ2v) is 7.50. The summed E-state index contributed by atoms with van der Waals surface area (Å²) in [7, 11) is 4.10. The Kier molecular flexibility index (Phi) is 7.29. The minimum atomic E-state index is 0.787. The number of fused-ring (bicyclic) bond motifs is 2. The lowest BCUT2D eigenvalue weighted by molar-refractivity contribution is 0.357. The van der Waals surface area contributed by atoms with Crippen LogP contribution in [0.1, 0.15) is 30.7 Å². The molecule has 0 amide bonds. The summed E-state index contributed by atoms with van der Waals surface area (Å²) in [4.78, 5) is 10.8. The first-order valence-electron chi connectivity index (χ1n) is 10.8. The number of hydrogen-bond acceptors (Lipinski definition) is 4. The van der Waals surface area contributed by atoms with Gasteiger partial charge in [0.05, 0.1) is 24.2 Å². The van der Waals surface area contributed by atoms with Crippen LogP contribution in [0.3, 0.4) is 0 Å². The lowest BCUT2D eigenvalue weighted by Gasteiger charge is -2.11. The molecule has 1 aliphatic heterocycles. The topological polar surface area (TPSA) is 42.7 Å². The normalized spacial score (nSPS) is 11.5. The number of imidazole rings is 1. The summed E-state index contributed by atoms with van der Waals surface area (Å²) < 4.78 is 7.63. The molecule has 0 saturated heterocycles. The summed E-state index contributed by atoms with van der Waals surface area (Å²) in [5.41, 5.74) is 7.97. The zero-order chi connectivity index (χ0) is 22.4. The van der Waals surface area contributed by atoms with Crippen molar-refractivity contribution in [2.24, 2.45) is 0 Å². The highest BCUT2D eigenvalue weighted by Crippen LogP contribution is 2.30. The molecule has 0 saturated carbocycles. The van der Waals surface area contributed by atoms with Crippen LogP contribution in [0.25, 0.3) is 16.9 Å². The third kappa shape index (κ3) is 5.05. The summed E-state index contributed by atoms with van der Waals surface area (Å²) >= 11 is 0. The fraction of sp³-hybridized carbons (Fsp3) is 0.308. The number of nitrogens with zero attached hydrogens (tertiary/aromatic N) is 4. The second kappa shape index (κ2) is 10.1. The Hall–Kier alpha value is -3.34. The summed E-state index contributed by atoms with van der Waals surface area (Å²) in [5.74, 6) is 1.01. The van der Waals surface area contributed by atoms with Crippen LogP contribution in [-0.4, -0.2) is 35.1 Å².